The highest BCUT2D eigenvalue weighted by Gasteiger charge is 2.34. The van der Waals surface area contributed by atoms with E-state index in [1.54, 1.807) is 24.5 Å². The summed E-state index contributed by atoms with van der Waals surface area (Å²) in [6, 6.07) is 3.57. The summed E-state index contributed by atoms with van der Waals surface area (Å²) < 4.78 is 0. The minimum Gasteiger partial charge on any atom is -0.354 e. The van der Waals surface area contributed by atoms with Gasteiger partial charge in [0, 0.05) is 31.9 Å². The summed E-state index contributed by atoms with van der Waals surface area (Å²) in [7, 11) is 0. The van der Waals surface area contributed by atoms with Crippen LogP contribution >= 0.6 is 23.5 Å². The second-order valence-corrected chi connectivity index (χ2v) is 9.95. The van der Waals surface area contributed by atoms with Gasteiger partial charge in [-0.15, -0.1) is 5.10 Å². The first kappa shape index (κ1) is 23.5. The molecule has 2 aromatic rings. The number of carbonyl (C=O) groups excluding carboxylic acids is 3. The maximum absolute atomic E-state index is 12.5. The van der Waals surface area contributed by atoms with Gasteiger partial charge in [-0.2, -0.15) is 0 Å². The summed E-state index contributed by atoms with van der Waals surface area (Å²) >= 11 is 2.15. The van der Waals surface area contributed by atoms with Crippen molar-refractivity contribution < 1.29 is 14.4 Å². The number of thioether (sulfide) groups is 2. The van der Waals surface area contributed by atoms with E-state index >= 15 is 0 Å². The van der Waals surface area contributed by atoms with Crippen molar-refractivity contribution in [2.45, 2.75) is 43.7 Å². The van der Waals surface area contributed by atoms with E-state index in [4.69, 9.17) is 0 Å². The highest BCUT2D eigenvalue weighted by atomic mass is 32.2. The second-order valence-electron chi connectivity index (χ2n) is 8.01. The molecule has 0 aromatic carbocycles. The smallest absolute Gasteiger partial charge is 0.293 e. The van der Waals surface area contributed by atoms with Crippen LogP contribution in [-0.4, -0.2) is 61.0 Å². The fourth-order valence-corrected chi connectivity index (χ4v) is 5.40. The molecule has 33 heavy (non-hydrogen) atoms. The molecule has 1 aliphatic heterocycles. The fraction of sp³-hybridized carbons (Fsp3) is 0.455. The molecule has 9 nitrogen and oxygen atoms in total. The molecule has 0 atom stereocenters. The van der Waals surface area contributed by atoms with Crippen LogP contribution in [0.4, 0.5) is 4.79 Å². The Hall–Kier alpha value is -2.66. The lowest BCUT2D eigenvalue weighted by atomic mass is 10.0. The van der Waals surface area contributed by atoms with Crippen LogP contribution in [0.5, 0.6) is 0 Å². The lowest BCUT2D eigenvalue weighted by Gasteiger charge is -2.12. The molecular weight excluding hydrogens is 460 g/mol. The SMILES string of the molecule is O=C(CSc1n[nH]c(CCC2CCCC2)n1)NCCN1C(=O)S/C(=C\c2cccnc2)C1=O. The summed E-state index contributed by atoms with van der Waals surface area (Å²) in [5, 5.41) is 10.1. The van der Waals surface area contributed by atoms with Crippen LogP contribution in [0.2, 0.25) is 0 Å². The van der Waals surface area contributed by atoms with Gasteiger partial charge in [-0.3, -0.25) is 29.4 Å². The van der Waals surface area contributed by atoms with E-state index in [1.165, 1.54) is 37.4 Å². The highest BCUT2D eigenvalue weighted by molar-refractivity contribution is 8.18. The van der Waals surface area contributed by atoms with Crippen LogP contribution in [0, 0.1) is 5.92 Å². The van der Waals surface area contributed by atoms with Crippen molar-refractivity contribution in [3.8, 4) is 0 Å². The first-order valence-corrected chi connectivity index (χ1v) is 12.8. The number of aromatic amines is 1. The Labute approximate surface area is 200 Å². The standard InChI is InChI=1S/C22H26N6O3S2/c29-19(14-32-21-25-18(26-27-21)8-7-15-4-1-2-5-15)24-10-11-28-20(30)17(33-22(28)31)12-16-6-3-9-23-13-16/h3,6,9,12-13,15H,1-2,4-5,7-8,10-11,14H2,(H,24,29)(H,25,26,27)/b17-12-. The van der Waals surface area contributed by atoms with Gasteiger partial charge in [0.1, 0.15) is 5.82 Å². The van der Waals surface area contributed by atoms with Crippen LogP contribution in [0.25, 0.3) is 6.08 Å². The monoisotopic (exact) mass is 486 g/mol. The molecule has 11 heteroatoms. The quantitative estimate of drug-likeness (QED) is 0.388. The zero-order chi connectivity index (χ0) is 23.0. The Morgan fingerprint density at radius 2 is 2.18 bits per heavy atom. The molecule has 2 aliphatic rings. The fourth-order valence-electron chi connectivity index (χ4n) is 3.89. The Morgan fingerprint density at radius 3 is 2.97 bits per heavy atom. The average molecular weight is 487 g/mol. The normalized spacial score (nSPS) is 17.9. The summed E-state index contributed by atoms with van der Waals surface area (Å²) in [6.45, 7) is 0.315. The second kappa shape index (κ2) is 11.5. The van der Waals surface area contributed by atoms with Crippen LogP contribution in [0.1, 0.15) is 43.5 Å². The number of carbonyl (C=O) groups is 3. The zero-order valence-electron chi connectivity index (χ0n) is 18.2. The summed E-state index contributed by atoms with van der Waals surface area (Å²) in [4.78, 5) is 46.8. The Morgan fingerprint density at radius 1 is 1.33 bits per heavy atom. The number of pyridine rings is 1. The van der Waals surface area contributed by atoms with Crippen LogP contribution < -0.4 is 5.32 Å². The first-order valence-electron chi connectivity index (χ1n) is 11.0. The predicted octanol–water partition coefficient (Wildman–Crippen LogP) is 3.27. The number of amides is 3. The van der Waals surface area contributed by atoms with E-state index in [9.17, 15) is 14.4 Å². The summed E-state index contributed by atoms with van der Waals surface area (Å²) in [5.74, 6) is 1.27. The lowest BCUT2D eigenvalue weighted by molar-refractivity contribution is -0.123. The van der Waals surface area contributed by atoms with E-state index in [2.05, 4.69) is 25.5 Å². The number of imide groups is 1. The molecule has 2 N–H and O–H groups in total. The van der Waals surface area contributed by atoms with Crippen molar-refractivity contribution in [1.82, 2.24) is 30.4 Å². The first-order chi connectivity index (χ1) is 16.1. The molecule has 1 saturated carbocycles. The number of rotatable bonds is 10. The van der Waals surface area contributed by atoms with Crippen LogP contribution in [-0.2, 0) is 16.0 Å². The molecule has 174 valence electrons. The zero-order valence-corrected chi connectivity index (χ0v) is 19.8. The van der Waals surface area contributed by atoms with Gasteiger partial charge in [0.15, 0.2) is 0 Å². The van der Waals surface area contributed by atoms with Gasteiger partial charge < -0.3 is 5.32 Å². The Kier molecular flexibility index (Phi) is 8.16. The van der Waals surface area contributed by atoms with Gasteiger partial charge in [-0.1, -0.05) is 43.5 Å². The largest absolute Gasteiger partial charge is 0.354 e. The molecule has 1 aliphatic carbocycles. The number of nitrogens with zero attached hydrogens (tertiary/aromatic N) is 4. The van der Waals surface area contributed by atoms with Crippen LogP contribution in [0.15, 0.2) is 34.6 Å². The number of hydrogen-bond donors (Lipinski definition) is 2. The van der Waals surface area contributed by atoms with E-state index in [0.29, 0.717) is 10.1 Å². The van der Waals surface area contributed by atoms with Crippen molar-refractivity contribution in [1.29, 1.82) is 0 Å². The molecule has 0 unspecified atom stereocenters. The highest BCUT2D eigenvalue weighted by Crippen LogP contribution is 2.31. The number of aromatic nitrogens is 4. The number of hydrogen-bond acceptors (Lipinski definition) is 8. The minimum atomic E-state index is -0.358. The van der Waals surface area contributed by atoms with Gasteiger partial charge >= 0.3 is 0 Å². The molecule has 1 saturated heterocycles. The molecule has 2 aromatic heterocycles. The molecule has 0 bridgehead atoms. The average Bonchev–Trinajstić information content (AvgIpc) is 3.55. The number of H-pyrrole nitrogens is 1. The van der Waals surface area contributed by atoms with Crippen molar-refractivity contribution in [2.75, 3.05) is 18.8 Å². The third-order valence-electron chi connectivity index (χ3n) is 5.62. The van der Waals surface area contributed by atoms with Gasteiger partial charge in [-0.25, -0.2) is 4.98 Å². The maximum Gasteiger partial charge on any atom is 0.293 e. The molecule has 0 spiro atoms. The Balaban J connectivity index is 1.16. The van der Waals surface area contributed by atoms with Gasteiger partial charge in [0.2, 0.25) is 11.1 Å². The van der Waals surface area contributed by atoms with Crippen molar-refractivity contribution in [3.63, 3.8) is 0 Å². The third kappa shape index (κ3) is 6.67. The Bertz CT molecular complexity index is 1020. The maximum atomic E-state index is 12.5. The molecule has 3 amide bonds. The topological polar surface area (TPSA) is 121 Å². The van der Waals surface area contributed by atoms with E-state index in [-0.39, 0.29) is 35.9 Å². The molecular formula is C22H26N6O3S2. The van der Waals surface area contributed by atoms with Crippen molar-refractivity contribution >= 4 is 46.7 Å². The van der Waals surface area contributed by atoms with E-state index in [0.717, 1.165) is 46.8 Å². The summed E-state index contributed by atoms with van der Waals surface area (Å²) in [6.07, 6.45) is 12.2. The molecule has 2 fully saturated rings. The molecule has 0 radical (unpaired) electrons. The molecule has 4 rings (SSSR count). The van der Waals surface area contributed by atoms with Gasteiger partial charge in [-0.05, 0) is 41.8 Å². The lowest BCUT2D eigenvalue weighted by Crippen LogP contribution is -2.37. The van der Waals surface area contributed by atoms with E-state index < -0.39 is 0 Å². The van der Waals surface area contributed by atoms with Gasteiger partial charge in [0.05, 0.1) is 10.7 Å². The third-order valence-corrected chi connectivity index (χ3v) is 7.38. The van der Waals surface area contributed by atoms with Crippen molar-refractivity contribution in [2.24, 2.45) is 5.92 Å². The van der Waals surface area contributed by atoms with E-state index in [1.807, 2.05) is 6.07 Å². The number of aryl methyl sites for hydroxylation is 1. The van der Waals surface area contributed by atoms with Crippen molar-refractivity contribution in [3.05, 3.63) is 40.8 Å². The van der Waals surface area contributed by atoms with Crippen LogP contribution in [0.3, 0.4) is 0 Å². The molecule has 3 heterocycles. The van der Waals surface area contributed by atoms with Gasteiger partial charge in [0.25, 0.3) is 11.1 Å². The predicted molar refractivity (Wildman–Crippen MR) is 127 cm³/mol. The number of nitrogens with one attached hydrogen (secondary N) is 2. The summed E-state index contributed by atoms with van der Waals surface area (Å²) in [5.41, 5.74) is 0.752. The minimum absolute atomic E-state index is 0.122.